The number of nitrogens with zero attached hydrogens (tertiary/aromatic N) is 4. The smallest absolute Gasteiger partial charge is 0.286 e. The van der Waals surface area contributed by atoms with Crippen molar-refractivity contribution in [3.8, 4) is 11.4 Å². The molecule has 0 bridgehead atoms. The number of carbonyl (C=O) groups is 2. The molecule has 0 aliphatic carbocycles. The van der Waals surface area contributed by atoms with Crippen LogP contribution in [0.5, 0.6) is 0 Å². The number of ketones is 1. The number of hydrogen-bond acceptors (Lipinski definition) is 7. The summed E-state index contributed by atoms with van der Waals surface area (Å²) in [6.45, 7) is 8.57. The van der Waals surface area contributed by atoms with Crippen molar-refractivity contribution in [2.24, 2.45) is 5.92 Å². The van der Waals surface area contributed by atoms with Gasteiger partial charge in [0.1, 0.15) is 18.2 Å². The van der Waals surface area contributed by atoms with Crippen LogP contribution in [0.4, 0.5) is 4.39 Å². The lowest BCUT2D eigenvalue weighted by Gasteiger charge is -2.21. The molecule has 10 heteroatoms. The van der Waals surface area contributed by atoms with Crippen molar-refractivity contribution in [2.75, 3.05) is 0 Å². The number of rotatable bonds is 9. The van der Waals surface area contributed by atoms with Crippen molar-refractivity contribution in [2.45, 2.75) is 52.6 Å². The van der Waals surface area contributed by atoms with Gasteiger partial charge in [-0.15, -0.1) is 10.2 Å². The summed E-state index contributed by atoms with van der Waals surface area (Å²) in [6.07, 6.45) is 0. The molecule has 0 spiro atoms. The van der Waals surface area contributed by atoms with Gasteiger partial charge in [0, 0.05) is 17.3 Å². The highest BCUT2D eigenvalue weighted by Gasteiger charge is 2.34. The van der Waals surface area contributed by atoms with Crippen LogP contribution in [0.1, 0.15) is 55.5 Å². The molecule has 1 amide bonds. The van der Waals surface area contributed by atoms with E-state index in [1.54, 1.807) is 45.0 Å². The molecule has 0 radical (unpaired) electrons. The maximum Gasteiger partial charge on any atom is 0.286 e. The van der Waals surface area contributed by atoms with Crippen LogP contribution in [0.15, 0.2) is 69.9 Å². The van der Waals surface area contributed by atoms with E-state index in [0.29, 0.717) is 17.1 Å². The molecule has 1 N–H and O–H groups in total. The lowest BCUT2D eigenvalue weighted by atomic mass is 9.84. The summed E-state index contributed by atoms with van der Waals surface area (Å²) in [5.74, 6) is -1.50. The second kappa shape index (κ2) is 11.1. The summed E-state index contributed by atoms with van der Waals surface area (Å²) in [4.78, 5) is 43.7. The van der Waals surface area contributed by atoms with E-state index in [2.05, 4.69) is 20.5 Å². The van der Waals surface area contributed by atoms with Crippen molar-refractivity contribution < 1.29 is 18.4 Å². The third-order valence-corrected chi connectivity index (χ3v) is 6.47. The fourth-order valence-electron chi connectivity index (χ4n) is 4.18. The van der Waals surface area contributed by atoms with Crippen LogP contribution in [0.25, 0.3) is 11.4 Å². The molecule has 0 aliphatic rings. The highest BCUT2D eigenvalue weighted by atomic mass is 19.1. The normalized spacial score (nSPS) is 12.4. The largest absolute Gasteiger partial charge is 0.417 e. The van der Waals surface area contributed by atoms with Crippen LogP contribution in [0, 0.1) is 18.7 Å². The molecule has 0 saturated heterocycles. The van der Waals surface area contributed by atoms with Gasteiger partial charge in [-0.1, -0.05) is 56.3 Å². The summed E-state index contributed by atoms with van der Waals surface area (Å²) >= 11 is 0. The number of Topliss-reactive ketones (excluding diaryl/α,β-unsaturated/α-hetero) is 1. The molecule has 0 unspecified atom stereocenters. The Morgan fingerprint density at radius 3 is 2.36 bits per heavy atom. The van der Waals surface area contributed by atoms with Crippen LogP contribution in [-0.2, 0) is 16.8 Å². The number of carbonyl (C=O) groups excluding carboxylic acids is 2. The molecule has 0 saturated carbocycles. The van der Waals surface area contributed by atoms with Gasteiger partial charge in [0.05, 0.1) is 11.5 Å². The zero-order valence-electron chi connectivity index (χ0n) is 22.4. The average Bonchev–Trinajstić information content (AvgIpc) is 3.40. The number of hydrogen-bond donors (Lipinski definition) is 1. The van der Waals surface area contributed by atoms with Crippen molar-refractivity contribution >= 4 is 11.7 Å². The third-order valence-electron chi connectivity index (χ3n) is 6.47. The van der Waals surface area contributed by atoms with E-state index >= 15 is 0 Å². The molecule has 2 aromatic carbocycles. The molecular weight excluding hydrogens is 501 g/mol. The first-order chi connectivity index (χ1) is 18.5. The maximum absolute atomic E-state index is 13.4. The quantitative estimate of drug-likeness (QED) is 0.323. The summed E-state index contributed by atoms with van der Waals surface area (Å²) in [7, 11) is 0. The summed E-state index contributed by atoms with van der Waals surface area (Å²) in [5.41, 5.74) is 0.773. The van der Waals surface area contributed by atoms with Gasteiger partial charge in [-0.05, 0) is 44.4 Å². The predicted molar refractivity (Wildman–Crippen MR) is 143 cm³/mol. The second-order valence-electron chi connectivity index (χ2n) is 10.2. The first-order valence-corrected chi connectivity index (χ1v) is 12.5. The molecule has 4 rings (SSSR count). The third kappa shape index (κ3) is 6.00. The molecule has 1 atom stereocenters. The molecule has 39 heavy (non-hydrogen) atoms. The molecular formula is C29H30FN5O4. The molecule has 4 aromatic rings. The predicted octanol–water partition coefficient (Wildman–Crippen LogP) is 4.09. The fraction of sp³-hybridized carbons (Fsp3) is 0.310. The van der Waals surface area contributed by atoms with Crippen molar-refractivity contribution in [1.29, 1.82) is 0 Å². The topological polar surface area (TPSA) is 120 Å². The highest BCUT2D eigenvalue weighted by Crippen LogP contribution is 2.31. The van der Waals surface area contributed by atoms with Gasteiger partial charge in [0.25, 0.3) is 11.4 Å². The van der Waals surface area contributed by atoms with Crippen LogP contribution in [0.2, 0.25) is 0 Å². The van der Waals surface area contributed by atoms with E-state index in [4.69, 9.17) is 4.42 Å². The molecule has 202 valence electrons. The van der Waals surface area contributed by atoms with Crippen molar-refractivity contribution in [3.63, 3.8) is 0 Å². The van der Waals surface area contributed by atoms with Gasteiger partial charge >= 0.3 is 0 Å². The molecule has 9 nitrogen and oxygen atoms in total. The van der Waals surface area contributed by atoms with Crippen LogP contribution in [0.3, 0.4) is 0 Å². The fourth-order valence-corrected chi connectivity index (χ4v) is 4.18. The highest BCUT2D eigenvalue weighted by molar-refractivity contribution is 5.98. The Hall–Kier alpha value is -4.47. The van der Waals surface area contributed by atoms with Gasteiger partial charge in [0.15, 0.2) is 0 Å². The monoisotopic (exact) mass is 531 g/mol. The Labute approximate surface area is 225 Å². The number of aryl methyl sites for hydroxylation is 1. The Morgan fingerprint density at radius 1 is 1.05 bits per heavy atom. The van der Waals surface area contributed by atoms with E-state index in [9.17, 15) is 18.8 Å². The molecule has 0 fully saturated rings. The molecule has 0 aliphatic heterocycles. The van der Waals surface area contributed by atoms with Crippen LogP contribution in [-0.4, -0.2) is 37.5 Å². The average molecular weight is 532 g/mol. The van der Waals surface area contributed by atoms with Crippen molar-refractivity contribution in [3.05, 3.63) is 99.9 Å². The molecule has 2 heterocycles. The number of halogens is 1. The van der Waals surface area contributed by atoms with Gasteiger partial charge in [-0.25, -0.2) is 9.37 Å². The number of nitrogens with one attached hydrogen (secondary N) is 1. The minimum absolute atomic E-state index is 0.177. The Kier molecular flexibility index (Phi) is 7.85. The Bertz CT molecular complexity index is 1540. The second-order valence-corrected chi connectivity index (χ2v) is 10.2. The summed E-state index contributed by atoms with van der Waals surface area (Å²) < 4.78 is 20.4. The molecule has 2 aromatic heterocycles. The summed E-state index contributed by atoms with van der Waals surface area (Å²) in [5, 5.41) is 10.7. The SMILES string of the molecule is Cc1cc(=O)n(CC(=O)N[C@@H](C(=O)c2nnc(C(C)(C)c3ccc(F)cc3)o2)C(C)C)c(-c2ccccc2)n1. The standard InChI is InChI=1S/C29H30FN5O4/c1-17(2)24(25(38)27-33-34-28(39-27)29(4,5)20-11-13-21(30)14-12-20)32-22(36)16-35-23(37)15-18(3)31-26(35)19-9-7-6-8-10-19/h6-15,17,24H,16H2,1-5H3,(H,32,36)/t24-/m1/s1. The van der Waals surface area contributed by atoms with E-state index in [1.165, 1.54) is 22.8 Å². The van der Waals surface area contributed by atoms with Crippen LogP contribution >= 0.6 is 0 Å². The zero-order chi connectivity index (χ0) is 28.3. The van der Waals surface area contributed by atoms with Crippen molar-refractivity contribution in [1.82, 2.24) is 25.1 Å². The first-order valence-electron chi connectivity index (χ1n) is 12.5. The Morgan fingerprint density at radius 2 is 1.72 bits per heavy atom. The number of aromatic nitrogens is 4. The van der Waals surface area contributed by atoms with E-state index in [0.717, 1.165) is 5.56 Å². The van der Waals surface area contributed by atoms with Gasteiger partial charge in [-0.2, -0.15) is 0 Å². The Balaban J connectivity index is 1.55. The lowest BCUT2D eigenvalue weighted by molar-refractivity contribution is -0.122. The minimum atomic E-state index is -0.978. The first kappa shape index (κ1) is 27.6. The number of amides is 1. The van der Waals surface area contributed by atoms with Gasteiger partial charge in [-0.3, -0.25) is 19.0 Å². The number of benzene rings is 2. The van der Waals surface area contributed by atoms with Crippen LogP contribution < -0.4 is 10.9 Å². The zero-order valence-corrected chi connectivity index (χ0v) is 22.4. The van der Waals surface area contributed by atoms with E-state index in [1.807, 2.05) is 32.0 Å². The van der Waals surface area contributed by atoms with Gasteiger partial charge < -0.3 is 9.73 Å². The van der Waals surface area contributed by atoms with E-state index in [-0.39, 0.29) is 35.6 Å². The summed E-state index contributed by atoms with van der Waals surface area (Å²) in [6, 6.07) is 15.4. The lowest BCUT2D eigenvalue weighted by Crippen LogP contribution is -2.46. The van der Waals surface area contributed by atoms with E-state index < -0.39 is 23.1 Å². The maximum atomic E-state index is 13.4. The van der Waals surface area contributed by atoms with Gasteiger partial charge in [0.2, 0.25) is 17.6 Å². The minimum Gasteiger partial charge on any atom is -0.417 e.